The third-order valence-corrected chi connectivity index (χ3v) is 5.78. The third-order valence-electron chi connectivity index (χ3n) is 5.78. The summed E-state index contributed by atoms with van der Waals surface area (Å²) < 4.78 is 34.5. The largest absolute Gasteiger partial charge is 0.487 e. The van der Waals surface area contributed by atoms with Crippen molar-refractivity contribution in [2.45, 2.75) is 45.6 Å². The van der Waals surface area contributed by atoms with E-state index in [0.29, 0.717) is 31.5 Å². The highest BCUT2D eigenvalue weighted by Crippen LogP contribution is 2.27. The van der Waals surface area contributed by atoms with E-state index in [9.17, 15) is 13.6 Å². The summed E-state index contributed by atoms with van der Waals surface area (Å²) in [5.74, 6) is -1.26. The van der Waals surface area contributed by atoms with Crippen LogP contribution in [0.5, 0.6) is 5.75 Å². The van der Waals surface area contributed by atoms with Crippen molar-refractivity contribution in [2.75, 3.05) is 13.1 Å². The van der Waals surface area contributed by atoms with Crippen LogP contribution in [0.25, 0.3) is 5.69 Å². The number of ether oxygens (including phenoxy) is 1. The number of carbonyl (C=O) groups is 1. The van der Waals surface area contributed by atoms with Gasteiger partial charge in [-0.2, -0.15) is 5.10 Å². The van der Waals surface area contributed by atoms with Gasteiger partial charge in [0.1, 0.15) is 11.9 Å². The van der Waals surface area contributed by atoms with Crippen molar-refractivity contribution >= 4 is 5.91 Å². The molecule has 3 aromatic rings. The van der Waals surface area contributed by atoms with Crippen LogP contribution >= 0.6 is 0 Å². The summed E-state index contributed by atoms with van der Waals surface area (Å²) in [5.41, 5.74) is 3.57. The molecule has 0 saturated carbocycles. The number of carbonyl (C=O) groups excluding carboxylic acids is 1. The molecular formula is C25H27F2N3O2. The normalized spacial score (nSPS) is 14.8. The second-order valence-corrected chi connectivity index (χ2v) is 8.53. The van der Waals surface area contributed by atoms with Gasteiger partial charge in [-0.3, -0.25) is 4.79 Å². The highest BCUT2D eigenvalue weighted by Gasteiger charge is 2.29. The Morgan fingerprint density at radius 2 is 1.78 bits per heavy atom. The number of nitrogens with zero attached hydrogens (tertiary/aromatic N) is 3. The minimum Gasteiger partial charge on any atom is -0.487 e. The molecule has 2 aromatic carbocycles. The van der Waals surface area contributed by atoms with Crippen LogP contribution in [0.1, 0.15) is 54.2 Å². The minimum absolute atomic E-state index is 0.0395. The van der Waals surface area contributed by atoms with Crippen molar-refractivity contribution < 1.29 is 18.3 Å². The van der Waals surface area contributed by atoms with Gasteiger partial charge in [-0.15, -0.1) is 0 Å². The van der Waals surface area contributed by atoms with E-state index in [-0.39, 0.29) is 23.7 Å². The van der Waals surface area contributed by atoms with Gasteiger partial charge >= 0.3 is 0 Å². The molecule has 7 heteroatoms. The molecule has 1 aromatic heterocycles. The minimum atomic E-state index is -0.714. The Kier molecular flexibility index (Phi) is 6.26. The predicted octanol–water partition coefficient (Wildman–Crippen LogP) is 5.27. The Morgan fingerprint density at radius 1 is 1.09 bits per heavy atom. The summed E-state index contributed by atoms with van der Waals surface area (Å²) in [6.07, 6.45) is 2.57. The van der Waals surface area contributed by atoms with Gasteiger partial charge in [-0.25, -0.2) is 13.5 Å². The van der Waals surface area contributed by atoms with E-state index in [4.69, 9.17) is 4.74 Å². The molecule has 32 heavy (non-hydrogen) atoms. The van der Waals surface area contributed by atoms with Crippen molar-refractivity contribution in [3.63, 3.8) is 0 Å². The molecule has 0 spiro atoms. The maximum Gasteiger partial charge on any atom is 0.257 e. The summed E-state index contributed by atoms with van der Waals surface area (Å²) in [7, 11) is 0. The van der Waals surface area contributed by atoms with Crippen LogP contribution in [-0.4, -0.2) is 39.8 Å². The van der Waals surface area contributed by atoms with E-state index < -0.39 is 11.6 Å². The van der Waals surface area contributed by atoms with Gasteiger partial charge in [-0.1, -0.05) is 31.5 Å². The lowest BCUT2D eigenvalue weighted by Crippen LogP contribution is -2.42. The molecule has 0 N–H and O–H groups in total. The molecule has 1 amide bonds. The molecule has 5 nitrogen and oxygen atoms in total. The predicted molar refractivity (Wildman–Crippen MR) is 118 cm³/mol. The van der Waals surface area contributed by atoms with Gasteiger partial charge in [0.25, 0.3) is 5.91 Å². The van der Waals surface area contributed by atoms with Gasteiger partial charge in [0.15, 0.2) is 11.6 Å². The second-order valence-electron chi connectivity index (χ2n) is 8.53. The number of hydrogen-bond acceptors (Lipinski definition) is 3. The lowest BCUT2D eigenvalue weighted by atomic mass is 10.0. The molecule has 1 aliphatic rings. The first-order valence-electron chi connectivity index (χ1n) is 10.9. The second kappa shape index (κ2) is 9.10. The first kappa shape index (κ1) is 22.0. The molecule has 168 valence electrons. The maximum atomic E-state index is 13.9. The summed E-state index contributed by atoms with van der Waals surface area (Å²) >= 11 is 0. The number of piperidine rings is 1. The lowest BCUT2D eigenvalue weighted by molar-refractivity contribution is 0.0586. The third kappa shape index (κ3) is 4.52. The molecule has 4 rings (SSSR count). The van der Waals surface area contributed by atoms with Crippen molar-refractivity contribution in [1.82, 2.24) is 14.7 Å². The fraction of sp³-hybridized carbons (Fsp3) is 0.360. The average molecular weight is 440 g/mol. The zero-order valence-electron chi connectivity index (χ0n) is 18.5. The standard InChI is InChI=1S/C25H27F2N3O2/c1-16(2)24-21(15-28-30(24)19-7-4-17(3)5-8-19)25(31)29-12-10-20(11-13-29)32-23-9-6-18(26)14-22(23)27/h4-9,14-16,20H,10-13H2,1-3H3. The summed E-state index contributed by atoms with van der Waals surface area (Å²) in [5, 5.41) is 4.51. The lowest BCUT2D eigenvalue weighted by Gasteiger charge is -2.32. The van der Waals surface area contributed by atoms with E-state index in [0.717, 1.165) is 23.0 Å². The monoisotopic (exact) mass is 439 g/mol. The Balaban J connectivity index is 1.46. The Hall–Kier alpha value is -3.22. The molecule has 2 heterocycles. The highest BCUT2D eigenvalue weighted by molar-refractivity contribution is 5.95. The molecule has 1 aliphatic heterocycles. The zero-order chi connectivity index (χ0) is 22.8. The molecule has 1 saturated heterocycles. The molecule has 0 radical (unpaired) electrons. The van der Waals surface area contributed by atoms with Crippen molar-refractivity contribution in [1.29, 1.82) is 0 Å². The van der Waals surface area contributed by atoms with Crippen LogP contribution < -0.4 is 4.74 Å². The molecule has 0 atom stereocenters. The average Bonchev–Trinajstić information content (AvgIpc) is 3.22. The number of likely N-dealkylation sites (tertiary alicyclic amines) is 1. The quantitative estimate of drug-likeness (QED) is 0.544. The van der Waals surface area contributed by atoms with E-state index in [1.165, 1.54) is 12.1 Å². The Morgan fingerprint density at radius 3 is 2.41 bits per heavy atom. The van der Waals surface area contributed by atoms with Crippen LogP contribution in [0, 0.1) is 18.6 Å². The van der Waals surface area contributed by atoms with E-state index in [2.05, 4.69) is 18.9 Å². The SMILES string of the molecule is Cc1ccc(-n2ncc(C(=O)N3CCC(Oc4ccc(F)cc4F)CC3)c2C(C)C)cc1. The highest BCUT2D eigenvalue weighted by atomic mass is 19.1. The van der Waals surface area contributed by atoms with Gasteiger partial charge in [-0.05, 0) is 37.1 Å². The fourth-order valence-corrected chi connectivity index (χ4v) is 4.07. The van der Waals surface area contributed by atoms with Crippen LogP contribution in [-0.2, 0) is 0 Å². The number of rotatable bonds is 5. The number of halogens is 2. The van der Waals surface area contributed by atoms with Gasteiger partial charge in [0.05, 0.1) is 23.1 Å². The number of aromatic nitrogens is 2. The zero-order valence-corrected chi connectivity index (χ0v) is 18.5. The Labute approximate surface area is 186 Å². The molecule has 0 unspecified atom stereocenters. The van der Waals surface area contributed by atoms with Crippen LogP contribution in [0.15, 0.2) is 48.7 Å². The smallest absolute Gasteiger partial charge is 0.257 e. The van der Waals surface area contributed by atoms with Crippen molar-refractivity contribution in [3.8, 4) is 11.4 Å². The van der Waals surface area contributed by atoms with Gasteiger partial charge in [0, 0.05) is 32.0 Å². The summed E-state index contributed by atoms with van der Waals surface area (Å²) in [4.78, 5) is 15.1. The Bertz CT molecular complexity index is 1100. The first-order chi connectivity index (χ1) is 15.3. The van der Waals surface area contributed by atoms with Crippen LogP contribution in [0.2, 0.25) is 0 Å². The molecule has 1 fully saturated rings. The van der Waals surface area contributed by atoms with Crippen LogP contribution in [0.3, 0.4) is 0 Å². The number of amides is 1. The van der Waals surface area contributed by atoms with Gasteiger partial charge in [0.2, 0.25) is 0 Å². The van der Waals surface area contributed by atoms with Crippen LogP contribution in [0.4, 0.5) is 8.78 Å². The fourth-order valence-electron chi connectivity index (χ4n) is 4.07. The van der Waals surface area contributed by atoms with E-state index >= 15 is 0 Å². The van der Waals surface area contributed by atoms with Crippen molar-refractivity contribution in [2.24, 2.45) is 0 Å². The summed E-state index contributed by atoms with van der Waals surface area (Å²) in [6, 6.07) is 11.3. The number of benzene rings is 2. The molecular weight excluding hydrogens is 412 g/mol. The maximum absolute atomic E-state index is 13.9. The number of aryl methyl sites for hydroxylation is 1. The first-order valence-corrected chi connectivity index (χ1v) is 10.9. The number of hydrogen-bond donors (Lipinski definition) is 0. The van der Waals surface area contributed by atoms with E-state index in [1.807, 2.05) is 35.9 Å². The molecule has 0 bridgehead atoms. The van der Waals surface area contributed by atoms with Crippen molar-refractivity contribution in [3.05, 3.63) is 77.1 Å². The summed E-state index contributed by atoms with van der Waals surface area (Å²) in [6.45, 7) is 7.13. The topological polar surface area (TPSA) is 47.4 Å². The molecule has 0 aliphatic carbocycles. The van der Waals surface area contributed by atoms with E-state index in [1.54, 1.807) is 11.1 Å². The van der Waals surface area contributed by atoms with Gasteiger partial charge < -0.3 is 9.64 Å².